The molecule has 2 aromatic rings. The molecule has 0 radical (unpaired) electrons. The van der Waals surface area contributed by atoms with E-state index in [0.717, 1.165) is 41.5 Å². The molecule has 0 saturated carbocycles. The number of ether oxygens (including phenoxy) is 2. The minimum Gasteiger partial charge on any atom is -0.486 e. The molecule has 26 heavy (non-hydrogen) atoms. The summed E-state index contributed by atoms with van der Waals surface area (Å²) in [7, 11) is 0. The third-order valence-electron chi connectivity index (χ3n) is 4.26. The van der Waals surface area contributed by atoms with Crippen LogP contribution in [0.5, 0.6) is 11.5 Å². The first kappa shape index (κ1) is 20.8. The highest BCUT2D eigenvalue weighted by molar-refractivity contribution is 7.13. The maximum atomic E-state index is 12.6. The van der Waals surface area contributed by atoms with Crippen LogP contribution in [0.4, 0.5) is 0 Å². The maximum Gasteiger partial charge on any atom is 0.273 e. The molecule has 6 nitrogen and oxygen atoms in total. The second-order valence-electron chi connectivity index (χ2n) is 6.05. The molecule has 9 heteroatoms. The highest BCUT2D eigenvalue weighted by atomic mass is 35.5. The van der Waals surface area contributed by atoms with Crippen LogP contribution in [0.25, 0.3) is 10.6 Å². The van der Waals surface area contributed by atoms with Gasteiger partial charge in [-0.25, -0.2) is 4.98 Å². The number of likely N-dealkylation sites (tertiary alicyclic amines) is 1. The molecular weight excluding hydrogens is 397 g/mol. The normalized spacial score (nSPS) is 18.5. The van der Waals surface area contributed by atoms with E-state index in [9.17, 15) is 4.79 Å². The number of rotatable bonds is 2. The fraction of sp³-hybridized carbons (Fsp3) is 0.412. The van der Waals surface area contributed by atoms with Gasteiger partial charge in [-0.3, -0.25) is 4.79 Å². The average Bonchev–Trinajstić information content (AvgIpc) is 3.11. The number of fused-ring (bicyclic) bond motifs is 1. The third kappa shape index (κ3) is 4.23. The van der Waals surface area contributed by atoms with Gasteiger partial charge < -0.3 is 20.1 Å². The first-order valence-corrected chi connectivity index (χ1v) is 8.99. The zero-order valence-electron chi connectivity index (χ0n) is 14.1. The van der Waals surface area contributed by atoms with Crippen LogP contribution < -0.4 is 15.2 Å². The summed E-state index contributed by atoms with van der Waals surface area (Å²) in [6, 6.07) is 5.81. The van der Waals surface area contributed by atoms with Crippen molar-refractivity contribution < 1.29 is 14.3 Å². The summed E-state index contributed by atoms with van der Waals surface area (Å²) >= 11 is 1.46. The number of piperidine rings is 1. The predicted octanol–water partition coefficient (Wildman–Crippen LogP) is 2.99. The Balaban J connectivity index is 0.00000121. The van der Waals surface area contributed by atoms with E-state index in [4.69, 9.17) is 15.2 Å². The maximum absolute atomic E-state index is 12.6. The highest BCUT2D eigenvalue weighted by Crippen LogP contribution is 2.35. The molecule has 1 aromatic heterocycles. The Morgan fingerprint density at radius 1 is 1.23 bits per heavy atom. The monoisotopic (exact) mass is 417 g/mol. The van der Waals surface area contributed by atoms with Crippen molar-refractivity contribution in [3.05, 3.63) is 29.3 Å². The second-order valence-corrected chi connectivity index (χ2v) is 6.91. The molecule has 0 aliphatic carbocycles. The van der Waals surface area contributed by atoms with Gasteiger partial charge in [0.1, 0.15) is 23.9 Å². The molecule has 4 rings (SSSR count). The molecule has 142 valence electrons. The van der Waals surface area contributed by atoms with Crippen LogP contribution in [-0.4, -0.2) is 48.1 Å². The van der Waals surface area contributed by atoms with Crippen molar-refractivity contribution in [2.45, 2.75) is 18.9 Å². The van der Waals surface area contributed by atoms with Gasteiger partial charge in [-0.05, 0) is 31.0 Å². The Morgan fingerprint density at radius 2 is 2.00 bits per heavy atom. The van der Waals surface area contributed by atoms with Crippen molar-refractivity contribution in [1.29, 1.82) is 0 Å². The van der Waals surface area contributed by atoms with Crippen LogP contribution >= 0.6 is 36.2 Å². The zero-order valence-corrected chi connectivity index (χ0v) is 16.5. The zero-order chi connectivity index (χ0) is 16.5. The van der Waals surface area contributed by atoms with Gasteiger partial charge in [0.15, 0.2) is 11.5 Å². The van der Waals surface area contributed by atoms with E-state index in [1.807, 2.05) is 23.6 Å². The lowest BCUT2D eigenvalue weighted by Crippen LogP contribution is -2.45. The van der Waals surface area contributed by atoms with E-state index in [-0.39, 0.29) is 36.8 Å². The van der Waals surface area contributed by atoms with Gasteiger partial charge in [-0.15, -0.1) is 36.2 Å². The van der Waals surface area contributed by atoms with Gasteiger partial charge in [0.05, 0.1) is 0 Å². The molecule has 2 N–H and O–H groups in total. The molecule has 1 unspecified atom stereocenters. The third-order valence-corrected chi connectivity index (χ3v) is 5.15. The number of hydrogen-bond donors (Lipinski definition) is 1. The van der Waals surface area contributed by atoms with Crippen molar-refractivity contribution >= 4 is 42.1 Å². The quantitative estimate of drug-likeness (QED) is 0.812. The highest BCUT2D eigenvalue weighted by Gasteiger charge is 2.24. The SMILES string of the molecule is Cl.Cl.NC1CCCN(C(=O)c2csc(-c3ccc4c(c3)OCCO4)n2)C1. The first-order chi connectivity index (χ1) is 11.7. The van der Waals surface area contributed by atoms with Crippen LogP contribution in [0.15, 0.2) is 23.6 Å². The van der Waals surface area contributed by atoms with Gasteiger partial charge >= 0.3 is 0 Å². The molecule has 3 heterocycles. The lowest BCUT2D eigenvalue weighted by Gasteiger charge is -2.30. The average molecular weight is 418 g/mol. The number of benzene rings is 1. The number of nitrogens with zero attached hydrogens (tertiary/aromatic N) is 2. The van der Waals surface area contributed by atoms with Crippen LogP contribution in [0.3, 0.4) is 0 Å². The molecule has 0 spiro atoms. The Morgan fingerprint density at radius 3 is 2.77 bits per heavy atom. The number of hydrogen-bond acceptors (Lipinski definition) is 6. The van der Waals surface area contributed by atoms with Gasteiger partial charge in [-0.1, -0.05) is 0 Å². The van der Waals surface area contributed by atoms with Gasteiger partial charge in [0.2, 0.25) is 0 Å². The largest absolute Gasteiger partial charge is 0.486 e. The molecule has 1 atom stereocenters. The molecular formula is C17H21Cl2N3O3S. The summed E-state index contributed by atoms with van der Waals surface area (Å²) in [6.45, 7) is 2.48. The first-order valence-electron chi connectivity index (χ1n) is 8.11. The smallest absolute Gasteiger partial charge is 0.273 e. The van der Waals surface area contributed by atoms with Crippen molar-refractivity contribution in [2.24, 2.45) is 5.73 Å². The predicted molar refractivity (Wildman–Crippen MR) is 106 cm³/mol. The summed E-state index contributed by atoms with van der Waals surface area (Å²) in [4.78, 5) is 18.9. The Kier molecular flexibility index (Phi) is 7.11. The molecule has 1 saturated heterocycles. The number of thiazole rings is 1. The number of nitrogens with two attached hydrogens (primary N) is 1. The van der Waals surface area contributed by atoms with Crippen molar-refractivity contribution in [2.75, 3.05) is 26.3 Å². The van der Waals surface area contributed by atoms with Crippen molar-refractivity contribution in [3.8, 4) is 22.1 Å². The van der Waals surface area contributed by atoms with Crippen molar-refractivity contribution in [1.82, 2.24) is 9.88 Å². The molecule has 1 aromatic carbocycles. The minimum atomic E-state index is -0.0369. The van der Waals surface area contributed by atoms with Crippen LogP contribution in [0.1, 0.15) is 23.3 Å². The second kappa shape index (κ2) is 8.90. The summed E-state index contributed by atoms with van der Waals surface area (Å²) in [6.07, 6.45) is 1.93. The fourth-order valence-corrected chi connectivity index (χ4v) is 3.83. The Hall–Kier alpha value is -1.54. The van der Waals surface area contributed by atoms with E-state index in [1.54, 1.807) is 4.90 Å². The molecule has 0 bridgehead atoms. The lowest BCUT2D eigenvalue weighted by molar-refractivity contribution is 0.0704. The summed E-state index contributed by atoms with van der Waals surface area (Å²) < 4.78 is 11.1. The number of halogens is 2. The number of aromatic nitrogens is 1. The van der Waals surface area contributed by atoms with Gasteiger partial charge in [0, 0.05) is 30.1 Å². The van der Waals surface area contributed by atoms with E-state index < -0.39 is 0 Å². The summed E-state index contributed by atoms with van der Waals surface area (Å²) in [5, 5.41) is 2.62. The Labute approximate surface area is 168 Å². The Bertz CT molecular complexity index is 771. The summed E-state index contributed by atoms with van der Waals surface area (Å²) in [5.41, 5.74) is 7.38. The van der Waals surface area contributed by atoms with E-state index in [1.165, 1.54) is 11.3 Å². The van der Waals surface area contributed by atoms with Crippen LogP contribution in [0.2, 0.25) is 0 Å². The van der Waals surface area contributed by atoms with Crippen LogP contribution in [-0.2, 0) is 0 Å². The minimum absolute atomic E-state index is 0. The van der Waals surface area contributed by atoms with Gasteiger partial charge in [0.25, 0.3) is 5.91 Å². The molecule has 2 aliphatic heterocycles. The lowest BCUT2D eigenvalue weighted by atomic mass is 10.1. The van der Waals surface area contributed by atoms with E-state index in [0.29, 0.717) is 25.5 Å². The van der Waals surface area contributed by atoms with Crippen molar-refractivity contribution in [3.63, 3.8) is 0 Å². The number of amides is 1. The number of carbonyl (C=O) groups is 1. The van der Waals surface area contributed by atoms with Crippen LogP contribution in [0, 0.1) is 0 Å². The summed E-state index contributed by atoms with van der Waals surface area (Å²) in [5.74, 6) is 1.44. The number of carbonyl (C=O) groups excluding carboxylic acids is 1. The molecule has 1 amide bonds. The van der Waals surface area contributed by atoms with E-state index in [2.05, 4.69) is 4.98 Å². The van der Waals surface area contributed by atoms with Gasteiger partial charge in [-0.2, -0.15) is 0 Å². The standard InChI is InChI=1S/C17H19N3O3S.2ClH/c18-12-2-1-5-20(9-12)17(21)13-10-24-16(19-13)11-3-4-14-15(8-11)23-7-6-22-14;;/h3-4,8,10,12H,1-2,5-7,9,18H2;2*1H. The van der Waals surface area contributed by atoms with E-state index >= 15 is 0 Å². The molecule has 2 aliphatic rings. The topological polar surface area (TPSA) is 77.7 Å². The fourth-order valence-electron chi connectivity index (χ4n) is 3.04. The molecule has 1 fully saturated rings.